The van der Waals surface area contributed by atoms with Crippen molar-refractivity contribution >= 4 is 11.8 Å². The van der Waals surface area contributed by atoms with E-state index in [4.69, 9.17) is 14.7 Å². The zero-order valence-electron chi connectivity index (χ0n) is 13.3. The van der Waals surface area contributed by atoms with Crippen LogP contribution in [0.5, 0.6) is 5.75 Å². The van der Waals surface area contributed by atoms with Crippen molar-refractivity contribution in [2.24, 2.45) is 0 Å². The summed E-state index contributed by atoms with van der Waals surface area (Å²) in [5, 5.41) is 8.97. The number of esters is 1. The Morgan fingerprint density at radius 3 is 2.46 bits per heavy atom. The van der Waals surface area contributed by atoms with Crippen molar-refractivity contribution in [2.45, 2.75) is 20.0 Å². The van der Waals surface area contributed by atoms with Gasteiger partial charge in [0.15, 0.2) is 5.78 Å². The molecule has 0 fully saturated rings. The first-order chi connectivity index (χ1) is 11.6. The van der Waals surface area contributed by atoms with Crippen molar-refractivity contribution in [2.75, 3.05) is 6.61 Å². The Labute approximate surface area is 140 Å². The van der Waals surface area contributed by atoms with E-state index in [2.05, 4.69) is 6.07 Å². The number of carbonyl (C=O) groups is 2. The zero-order valence-corrected chi connectivity index (χ0v) is 13.3. The molecule has 0 aliphatic carbocycles. The second-order valence-electron chi connectivity index (χ2n) is 5.11. The van der Waals surface area contributed by atoms with Crippen LogP contribution in [0.1, 0.15) is 34.8 Å². The lowest BCUT2D eigenvalue weighted by Gasteiger charge is -2.08. The summed E-state index contributed by atoms with van der Waals surface area (Å²) in [5.74, 6) is 0.175. The van der Waals surface area contributed by atoms with Crippen molar-refractivity contribution in [1.29, 1.82) is 5.26 Å². The molecule has 0 bridgehead atoms. The van der Waals surface area contributed by atoms with Gasteiger partial charge in [-0.1, -0.05) is 18.2 Å². The number of ketones is 1. The van der Waals surface area contributed by atoms with Gasteiger partial charge in [-0.05, 0) is 37.3 Å². The molecule has 0 aliphatic rings. The maximum absolute atomic E-state index is 11.7. The SMILES string of the molecule is CC(=O)c1ccc(OCCC(=O)OCc2ccccc2C#N)cc1. The van der Waals surface area contributed by atoms with Crippen molar-refractivity contribution in [3.63, 3.8) is 0 Å². The normalized spacial score (nSPS) is 9.83. The van der Waals surface area contributed by atoms with Gasteiger partial charge in [-0.3, -0.25) is 9.59 Å². The highest BCUT2D eigenvalue weighted by Crippen LogP contribution is 2.13. The molecule has 5 heteroatoms. The molecule has 2 rings (SSSR count). The van der Waals surface area contributed by atoms with Gasteiger partial charge >= 0.3 is 5.97 Å². The van der Waals surface area contributed by atoms with Crippen LogP contribution >= 0.6 is 0 Å². The van der Waals surface area contributed by atoms with Gasteiger partial charge in [0.25, 0.3) is 0 Å². The molecule has 5 nitrogen and oxygen atoms in total. The lowest BCUT2D eigenvalue weighted by Crippen LogP contribution is -2.10. The summed E-state index contributed by atoms with van der Waals surface area (Å²) in [6, 6.07) is 15.8. The van der Waals surface area contributed by atoms with Crippen LogP contribution in [0.25, 0.3) is 0 Å². The van der Waals surface area contributed by atoms with E-state index in [9.17, 15) is 9.59 Å². The monoisotopic (exact) mass is 323 g/mol. The lowest BCUT2D eigenvalue weighted by molar-refractivity contribution is -0.145. The average Bonchev–Trinajstić information content (AvgIpc) is 2.60. The molecule has 0 saturated heterocycles. The summed E-state index contributed by atoms with van der Waals surface area (Å²) in [5.41, 5.74) is 1.78. The second-order valence-corrected chi connectivity index (χ2v) is 5.11. The molecule has 2 aromatic rings. The van der Waals surface area contributed by atoms with Crippen molar-refractivity contribution < 1.29 is 19.1 Å². The summed E-state index contributed by atoms with van der Waals surface area (Å²) in [7, 11) is 0. The van der Waals surface area contributed by atoms with E-state index in [1.807, 2.05) is 0 Å². The average molecular weight is 323 g/mol. The minimum atomic E-state index is -0.400. The first kappa shape index (κ1) is 17.2. The minimum absolute atomic E-state index is 0.0113. The Hall–Kier alpha value is -3.13. The lowest BCUT2D eigenvalue weighted by atomic mass is 10.1. The molecule has 0 aromatic heterocycles. The number of Topliss-reactive ketones (excluding diaryl/α,β-unsaturated/α-hetero) is 1. The molecule has 2 aromatic carbocycles. The summed E-state index contributed by atoms with van der Waals surface area (Å²) in [4.78, 5) is 22.9. The third kappa shape index (κ3) is 4.96. The predicted molar refractivity (Wildman–Crippen MR) is 87.5 cm³/mol. The Bertz CT molecular complexity index is 760. The fourth-order valence-electron chi connectivity index (χ4n) is 2.02. The Balaban J connectivity index is 1.75. The van der Waals surface area contributed by atoms with E-state index in [1.54, 1.807) is 48.5 Å². The van der Waals surface area contributed by atoms with Crippen molar-refractivity contribution in [3.05, 3.63) is 65.2 Å². The number of nitriles is 1. The summed E-state index contributed by atoms with van der Waals surface area (Å²) in [6.45, 7) is 1.74. The Kier molecular flexibility index (Phi) is 6.09. The quantitative estimate of drug-likeness (QED) is 0.577. The van der Waals surface area contributed by atoms with Crippen LogP contribution in [-0.2, 0) is 16.1 Å². The Morgan fingerprint density at radius 2 is 1.79 bits per heavy atom. The van der Waals surface area contributed by atoms with Gasteiger partial charge < -0.3 is 9.47 Å². The fraction of sp³-hybridized carbons (Fsp3) is 0.211. The molecule has 0 aliphatic heterocycles. The van der Waals surface area contributed by atoms with Gasteiger partial charge in [-0.15, -0.1) is 0 Å². The largest absolute Gasteiger partial charge is 0.493 e. The molecule has 122 valence electrons. The molecule has 0 amide bonds. The third-order valence-corrected chi connectivity index (χ3v) is 3.36. The summed E-state index contributed by atoms with van der Waals surface area (Å²) >= 11 is 0. The first-order valence-corrected chi connectivity index (χ1v) is 7.47. The van der Waals surface area contributed by atoms with Crippen LogP contribution in [-0.4, -0.2) is 18.4 Å². The zero-order chi connectivity index (χ0) is 17.4. The standard InChI is InChI=1S/C19H17NO4/c1-14(21)15-6-8-18(9-7-15)23-11-10-19(22)24-13-17-5-3-2-4-16(17)12-20/h2-9H,10-11,13H2,1H3. The van der Waals surface area contributed by atoms with Crippen LogP contribution in [0.15, 0.2) is 48.5 Å². The highest BCUT2D eigenvalue weighted by atomic mass is 16.5. The van der Waals surface area contributed by atoms with E-state index >= 15 is 0 Å². The first-order valence-electron chi connectivity index (χ1n) is 7.47. The minimum Gasteiger partial charge on any atom is -0.493 e. The van der Waals surface area contributed by atoms with Crippen LogP contribution in [0, 0.1) is 11.3 Å². The third-order valence-electron chi connectivity index (χ3n) is 3.36. The molecule has 0 N–H and O–H groups in total. The van der Waals surface area contributed by atoms with Gasteiger partial charge in [-0.2, -0.15) is 5.26 Å². The number of hydrogen-bond donors (Lipinski definition) is 0. The highest BCUT2D eigenvalue weighted by Gasteiger charge is 2.07. The maximum Gasteiger partial charge on any atom is 0.309 e. The maximum atomic E-state index is 11.7. The van der Waals surface area contributed by atoms with Crippen LogP contribution in [0.4, 0.5) is 0 Å². The molecule has 0 saturated carbocycles. The molecule has 0 unspecified atom stereocenters. The fourth-order valence-corrected chi connectivity index (χ4v) is 2.02. The number of hydrogen-bond acceptors (Lipinski definition) is 5. The van der Waals surface area contributed by atoms with E-state index in [0.29, 0.717) is 22.4 Å². The van der Waals surface area contributed by atoms with Gasteiger partial charge in [-0.25, -0.2) is 0 Å². The van der Waals surface area contributed by atoms with E-state index in [-0.39, 0.29) is 25.4 Å². The van der Waals surface area contributed by atoms with Crippen LogP contribution < -0.4 is 4.74 Å². The predicted octanol–water partition coefficient (Wildman–Crippen LogP) is 3.27. The van der Waals surface area contributed by atoms with Gasteiger partial charge in [0, 0.05) is 11.1 Å². The number of rotatable bonds is 7. The molecule has 0 radical (unpaired) electrons. The summed E-state index contributed by atoms with van der Waals surface area (Å²) in [6.07, 6.45) is 0.100. The second kappa shape index (κ2) is 8.49. The topological polar surface area (TPSA) is 76.4 Å². The van der Waals surface area contributed by atoms with Gasteiger partial charge in [0.1, 0.15) is 12.4 Å². The van der Waals surface area contributed by atoms with E-state index in [0.717, 1.165) is 0 Å². The molecular weight excluding hydrogens is 306 g/mol. The number of carbonyl (C=O) groups excluding carboxylic acids is 2. The molecule has 0 spiro atoms. The molecule has 24 heavy (non-hydrogen) atoms. The molecular formula is C19H17NO4. The summed E-state index contributed by atoms with van der Waals surface area (Å²) < 4.78 is 10.6. The molecule has 0 atom stereocenters. The van der Waals surface area contributed by atoms with Crippen molar-refractivity contribution in [3.8, 4) is 11.8 Å². The van der Waals surface area contributed by atoms with Crippen LogP contribution in [0.3, 0.4) is 0 Å². The molecule has 0 heterocycles. The number of benzene rings is 2. The smallest absolute Gasteiger partial charge is 0.309 e. The van der Waals surface area contributed by atoms with Crippen LogP contribution in [0.2, 0.25) is 0 Å². The Morgan fingerprint density at radius 1 is 1.08 bits per heavy atom. The van der Waals surface area contributed by atoms with Crippen molar-refractivity contribution in [1.82, 2.24) is 0 Å². The van der Waals surface area contributed by atoms with Gasteiger partial charge in [0.05, 0.1) is 24.7 Å². The van der Waals surface area contributed by atoms with E-state index in [1.165, 1.54) is 6.92 Å². The van der Waals surface area contributed by atoms with Gasteiger partial charge in [0.2, 0.25) is 0 Å². The number of nitrogens with zero attached hydrogens (tertiary/aromatic N) is 1. The number of ether oxygens (including phenoxy) is 2. The van der Waals surface area contributed by atoms with E-state index < -0.39 is 5.97 Å². The highest BCUT2D eigenvalue weighted by molar-refractivity contribution is 5.94.